The van der Waals surface area contributed by atoms with Crippen LogP contribution in [0.25, 0.3) is 0 Å². The molecule has 1 aromatic rings. The van der Waals surface area contributed by atoms with Crippen molar-refractivity contribution in [2.24, 2.45) is 0 Å². The number of hydrogen-bond acceptors (Lipinski definition) is 4. The van der Waals surface area contributed by atoms with Crippen LogP contribution in [0.1, 0.15) is 18.1 Å². The molecule has 5 heteroatoms. The second kappa shape index (κ2) is 6.48. The summed E-state index contributed by atoms with van der Waals surface area (Å²) in [6, 6.07) is 6.63. The van der Waals surface area contributed by atoms with Gasteiger partial charge >= 0.3 is 0 Å². The van der Waals surface area contributed by atoms with Crippen molar-refractivity contribution >= 4 is 5.69 Å². The van der Waals surface area contributed by atoms with E-state index in [1.54, 1.807) is 12.1 Å². The molecule has 2 aliphatic rings. The van der Waals surface area contributed by atoms with Crippen LogP contribution < -0.4 is 0 Å². The monoisotopic (exact) mass is 312 g/mol. The Bertz CT molecular complexity index is 651. The van der Waals surface area contributed by atoms with Crippen LogP contribution in [0.5, 0.6) is 0 Å². The Morgan fingerprint density at radius 1 is 1.35 bits per heavy atom. The molecule has 0 N–H and O–H groups in total. The normalized spacial score (nSPS) is 27.7. The number of allylic oxidation sites excluding steroid dienone is 2. The topological polar surface area (TPSA) is 55.6 Å². The molecule has 0 radical (unpaired) electrons. The highest BCUT2D eigenvalue weighted by Crippen LogP contribution is 2.32. The highest BCUT2D eigenvalue weighted by Gasteiger charge is 2.35. The summed E-state index contributed by atoms with van der Waals surface area (Å²) in [5.41, 5.74) is 0.900. The number of hydrogen-bond donors (Lipinski definition) is 0. The molecule has 0 bridgehead atoms. The maximum absolute atomic E-state index is 10.8. The second-order valence-corrected chi connectivity index (χ2v) is 5.84. The van der Waals surface area contributed by atoms with E-state index in [1.165, 1.54) is 12.1 Å². The van der Waals surface area contributed by atoms with Gasteiger partial charge in [0.2, 0.25) is 0 Å². The third kappa shape index (κ3) is 3.11. The van der Waals surface area contributed by atoms with E-state index in [2.05, 4.69) is 35.8 Å². The quantitative estimate of drug-likeness (QED) is 0.486. The molecule has 23 heavy (non-hydrogen) atoms. The Hall–Kier alpha value is -2.24. The Morgan fingerprint density at radius 2 is 2.13 bits per heavy atom. The molecular formula is C18H20N2O3. The summed E-state index contributed by atoms with van der Waals surface area (Å²) in [5, 5.41) is 10.8. The van der Waals surface area contributed by atoms with Crippen molar-refractivity contribution in [3.8, 4) is 0 Å². The van der Waals surface area contributed by atoms with Crippen LogP contribution in [0, 0.1) is 10.1 Å². The van der Waals surface area contributed by atoms with Gasteiger partial charge in [0.25, 0.3) is 5.69 Å². The van der Waals surface area contributed by atoms with Crippen LogP contribution in [0.4, 0.5) is 5.69 Å². The molecule has 1 fully saturated rings. The molecule has 0 aromatic heterocycles. The van der Waals surface area contributed by atoms with Crippen molar-refractivity contribution in [1.29, 1.82) is 0 Å². The van der Waals surface area contributed by atoms with Gasteiger partial charge in [-0.05, 0) is 24.1 Å². The Labute approximate surface area is 135 Å². The lowest BCUT2D eigenvalue weighted by atomic mass is 9.88. The molecule has 5 nitrogen and oxygen atoms in total. The Kier molecular flexibility index (Phi) is 4.41. The zero-order chi connectivity index (χ0) is 16.3. The lowest BCUT2D eigenvalue weighted by Gasteiger charge is -2.44. The van der Waals surface area contributed by atoms with Crippen molar-refractivity contribution in [3.63, 3.8) is 0 Å². The number of rotatable bonds is 4. The second-order valence-electron chi connectivity index (χ2n) is 5.84. The molecule has 2 atom stereocenters. The zero-order valence-corrected chi connectivity index (χ0v) is 12.9. The van der Waals surface area contributed by atoms with Crippen LogP contribution >= 0.6 is 0 Å². The van der Waals surface area contributed by atoms with Gasteiger partial charge < -0.3 is 4.74 Å². The summed E-state index contributed by atoms with van der Waals surface area (Å²) in [4.78, 5) is 12.8. The summed E-state index contributed by atoms with van der Waals surface area (Å²) < 4.78 is 5.89. The summed E-state index contributed by atoms with van der Waals surface area (Å²) in [5.74, 6) is 0. The van der Waals surface area contributed by atoms with Gasteiger partial charge in [0.15, 0.2) is 0 Å². The van der Waals surface area contributed by atoms with Crippen LogP contribution in [0.2, 0.25) is 0 Å². The maximum Gasteiger partial charge on any atom is 0.269 e. The molecule has 120 valence electrons. The lowest BCUT2D eigenvalue weighted by Crippen LogP contribution is -2.52. The summed E-state index contributed by atoms with van der Waals surface area (Å²) in [6.45, 7) is 6.23. The highest BCUT2D eigenvalue weighted by molar-refractivity contribution is 5.34. The molecular weight excluding hydrogens is 292 g/mol. The van der Waals surface area contributed by atoms with Crippen LogP contribution in [0.15, 0.2) is 61.2 Å². The fourth-order valence-electron chi connectivity index (χ4n) is 3.18. The van der Waals surface area contributed by atoms with E-state index in [4.69, 9.17) is 4.74 Å². The van der Waals surface area contributed by atoms with Gasteiger partial charge in [-0.1, -0.05) is 30.4 Å². The SMILES string of the molecule is C=C[C@]1(N2CCO[C@@H](c3ccc([N+](=O)[O-])cc3)C2)C=CC=CC1. The fraction of sp³-hybridized carbons (Fsp3) is 0.333. The first-order valence-electron chi connectivity index (χ1n) is 7.73. The predicted molar refractivity (Wildman–Crippen MR) is 89.2 cm³/mol. The van der Waals surface area contributed by atoms with Gasteiger partial charge in [-0.15, -0.1) is 6.58 Å². The number of ether oxygens (including phenoxy) is 1. The fourth-order valence-corrected chi connectivity index (χ4v) is 3.18. The van der Waals surface area contributed by atoms with E-state index >= 15 is 0 Å². The van der Waals surface area contributed by atoms with Gasteiger partial charge in [0, 0.05) is 25.2 Å². The first kappa shape index (κ1) is 15.6. The zero-order valence-electron chi connectivity index (χ0n) is 12.9. The lowest BCUT2D eigenvalue weighted by molar-refractivity contribution is -0.384. The van der Waals surface area contributed by atoms with E-state index in [0.717, 1.165) is 25.1 Å². The van der Waals surface area contributed by atoms with Crippen molar-refractivity contribution < 1.29 is 9.66 Å². The number of nitrogens with zero attached hydrogens (tertiary/aromatic N) is 2. The molecule has 0 amide bonds. The average molecular weight is 312 g/mol. The summed E-state index contributed by atoms with van der Waals surface area (Å²) in [7, 11) is 0. The average Bonchev–Trinajstić information content (AvgIpc) is 2.62. The Balaban J connectivity index is 1.78. The number of benzene rings is 1. The number of nitro benzene ring substituents is 1. The van der Waals surface area contributed by atoms with Gasteiger partial charge in [-0.25, -0.2) is 0 Å². The third-order valence-electron chi connectivity index (χ3n) is 4.56. The molecule has 1 saturated heterocycles. The van der Waals surface area contributed by atoms with E-state index < -0.39 is 0 Å². The number of non-ortho nitro benzene ring substituents is 1. The standard InChI is InChI=1S/C18H20N2O3/c1-2-18(10-4-3-5-11-18)19-12-13-23-17(14-19)15-6-8-16(9-7-15)20(21)22/h2-10,17H,1,11-14H2/t17-,18+/m1/s1. The van der Waals surface area contributed by atoms with Crippen molar-refractivity contribution in [1.82, 2.24) is 4.90 Å². The van der Waals surface area contributed by atoms with E-state index in [9.17, 15) is 10.1 Å². The van der Waals surface area contributed by atoms with Gasteiger partial charge in [0.05, 0.1) is 23.2 Å². The molecule has 0 saturated carbocycles. The smallest absolute Gasteiger partial charge is 0.269 e. The Morgan fingerprint density at radius 3 is 2.74 bits per heavy atom. The molecule has 0 unspecified atom stereocenters. The molecule has 1 aliphatic heterocycles. The highest BCUT2D eigenvalue weighted by atomic mass is 16.6. The first-order chi connectivity index (χ1) is 11.1. The predicted octanol–water partition coefficient (Wildman–Crippen LogP) is 3.41. The van der Waals surface area contributed by atoms with Crippen LogP contribution in [-0.4, -0.2) is 35.1 Å². The van der Waals surface area contributed by atoms with Crippen molar-refractivity contribution in [2.45, 2.75) is 18.1 Å². The van der Waals surface area contributed by atoms with Crippen LogP contribution in [-0.2, 0) is 4.74 Å². The largest absolute Gasteiger partial charge is 0.371 e. The summed E-state index contributed by atoms with van der Waals surface area (Å²) in [6.07, 6.45) is 11.2. The number of nitro groups is 1. The third-order valence-corrected chi connectivity index (χ3v) is 4.56. The first-order valence-corrected chi connectivity index (χ1v) is 7.73. The molecule has 3 rings (SSSR count). The van der Waals surface area contributed by atoms with Gasteiger partial charge in [0.1, 0.15) is 0 Å². The van der Waals surface area contributed by atoms with Gasteiger partial charge in [-0.2, -0.15) is 0 Å². The molecule has 1 heterocycles. The minimum atomic E-state index is -0.385. The van der Waals surface area contributed by atoms with Gasteiger partial charge in [-0.3, -0.25) is 15.0 Å². The summed E-state index contributed by atoms with van der Waals surface area (Å²) >= 11 is 0. The minimum absolute atomic E-state index is 0.0827. The van der Waals surface area contributed by atoms with E-state index in [0.29, 0.717) is 6.61 Å². The van der Waals surface area contributed by atoms with Crippen molar-refractivity contribution in [2.75, 3.05) is 19.7 Å². The minimum Gasteiger partial charge on any atom is -0.371 e. The number of morpholine rings is 1. The molecule has 1 aliphatic carbocycles. The van der Waals surface area contributed by atoms with E-state index in [-0.39, 0.29) is 22.3 Å². The van der Waals surface area contributed by atoms with E-state index in [1.807, 2.05) is 6.08 Å². The molecule has 0 spiro atoms. The van der Waals surface area contributed by atoms with Crippen LogP contribution in [0.3, 0.4) is 0 Å². The molecule has 1 aromatic carbocycles. The van der Waals surface area contributed by atoms with Crippen molar-refractivity contribution in [3.05, 3.63) is 76.9 Å². The maximum atomic E-state index is 10.8.